The SMILES string of the molecule is Cc1cc(C(O)c2ccc(N)c(C)c2)n[nH]1. The molecule has 4 nitrogen and oxygen atoms in total. The Morgan fingerprint density at radius 3 is 2.62 bits per heavy atom. The Morgan fingerprint density at radius 2 is 2.06 bits per heavy atom. The summed E-state index contributed by atoms with van der Waals surface area (Å²) < 4.78 is 0. The van der Waals surface area contributed by atoms with Gasteiger partial charge in [0.15, 0.2) is 0 Å². The number of aryl methyl sites for hydroxylation is 2. The van der Waals surface area contributed by atoms with Gasteiger partial charge in [-0.3, -0.25) is 5.10 Å². The first-order valence-electron chi connectivity index (χ1n) is 5.14. The van der Waals surface area contributed by atoms with Gasteiger partial charge in [0.25, 0.3) is 0 Å². The van der Waals surface area contributed by atoms with Crippen LogP contribution < -0.4 is 5.73 Å². The number of aliphatic hydroxyl groups excluding tert-OH is 1. The Balaban J connectivity index is 2.33. The first kappa shape index (κ1) is 10.7. The van der Waals surface area contributed by atoms with E-state index in [4.69, 9.17) is 5.73 Å². The molecule has 0 aliphatic carbocycles. The molecule has 0 radical (unpaired) electrons. The molecule has 0 amide bonds. The molecule has 1 aromatic heterocycles. The molecule has 84 valence electrons. The van der Waals surface area contributed by atoms with Crippen LogP contribution in [0.15, 0.2) is 24.3 Å². The van der Waals surface area contributed by atoms with Crippen molar-refractivity contribution in [3.05, 3.63) is 46.8 Å². The smallest absolute Gasteiger partial charge is 0.123 e. The maximum atomic E-state index is 10.1. The van der Waals surface area contributed by atoms with Crippen molar-refractivity contribution in [3.63, 3.8) is 0 Å². The summed E-state index contributed by atoms with van der Waals surface area (Å²) in [6.45, 7) is 3.82. The monoisotopic (exact) mass is 217 g/mol. The third-order valence-corrected chi connectivity index (χ3v) is 2.62. The Labute approximate surface area is 94.1 Å². The van der Waals surface area contributed by atoms with Gasteiger partial charge >= 0.3 is 0 Å². The highest BCUT2D eigenvalue weighted by Crippen LogP contribution is 2.23. The lowest BCUT2D eigenvalue weighted by molar-refractivity contribution is 0.215. The fraction of sp³-hybridized carbons (Fsp3) is 0.250. The van der Waals surface area contributed by atoms with E-state index in [9.17, 15) is 5.11 Å². The van der Waals surface area contributed by atoms with Gasteiger partial charge in [-0.15, -0.1) is 0 Å². The Kier molecular flexibility index (Phi) is 2.66. The average Bonchev–Trinajstić information content (AvgIpc) is 2.68. The lowest BCUT2D eigenvalue weighted by Crippen LogP contribution is -2.01. The predicted octanol–water partition coefficient (Wildman–Crippen LogP) is 1.69. The molecule has 4 heteroatoms. The van der Waals surface area contributed by atoms with Crippen LogP contribution in [0.1, 0.15) is 28.6 Å². The molecule has 0 saturated carbocycles. The summed E-state index contributed by atoms with van der Waals surface area (Å²) >= 11 is 0. The van der Waals surface area contributed by atoms with E-state index in [1.54, 1.807) is 6.07 Å². The molecule has 16 heavy (non-hydrogen) atoms. The highest BCUT2D eigenvalue weighted by molar-refractivity contribution is 5.48. The van der Waals surface area contributed by atoms with Crippen LogP contribution in [-0.4, -0.2) is 15.3 Å². The average molecular weight is 217 g/mol. The number of rotatable bonds is 2. The van der Waals surface area contributed by atoms with Crippen LogP contribution in [0, 0.1) is 13.8 Å². The van der Waals surface area contributed by atoms with E-state index in [2.05, 4.69) is 10.2 Å². The van der Waals surface area contributed by atoms with Gasteiger partial charge in [0.1, 0.15) is 6.10 Å². The first-order chi connectivity index (χ1) is 7.58. The third-order valence-electron chi connectivity index (χ3n) is 2.62. The second kappa shape index (κ2) is 3.98. The lowest BCUT2D eigenvalue weighted by atomic mass is 10.0. The van der Waals surface area contributed by atoms with E-state index in [-0.39, 0.29) is 0 Å². The standard InChI is InChI=1S/C12H15N3O/c1-7-5-9(3-4-10(7)13)12(16)11-6-8(2)14-15-11/h3-6,12,16H,13H2,1-2H3,(H,14,15). The largest absolute Gasteiger partial charge is 0.399 e. The van der Waals surface area contributed by atoms with Crippen molar-refractivity contribution in [2.75, 3.05) is 5.73 Å². The van der Waals surface area contributed by atoms with E-state index in [1.165, 1.54) is 0 Å². The number of aliphatic hydroxyl groups is 1. The van der Waals surface area contributed by atoms with Crippen LogP contribution >= 0.6 is 0 Å². The first-order valence-corrected chi connectivity index (χ1v) is 5.14. The zero-order valence-corrected chi connectivity index (χ0v) is 9.36. The zero-order chi connectivity index (χ0) is 11.7. The number of nitrogen functional groups attached to an aromatic ring is 1. The summed E-state index contributed by atoms with van der Waals surface area (Å²) in [5.41, 5.74) is 9.78. The summed E-state index contributed by atoms with van der Waals surface area (Å²) in [6, 6.07) is 7.32. The van der Waals surface area contributed by atoms with Gasteiger partial charge < -0.3 is 10.8 Å². The minimum atomic E-state index is -0.704. The number of hydrogen-bond acceptors (Lipinski definition) is 3. The molecule has 4 N–H and O–H groups in total. The molecule has 2 aromatic rings. The highest BCUT2D eigenvalue weighted by Gasteiger charge is 2.13. The number of anilines is 1. The van der Waals surface area contributed by atoms with E-state index < -0.39 is 6.10 Å². The molecule has 0 fully saturated rings. The zero-order valence-electron chi connectivity index (χ0n) is 9.36. The number of aromatic amines is 1. The quantitative estimate of drug-likeness (QED) is 0.670. The molecule has 1 heterocycles. The van der Waals surface area contributed by atoms with E-state index >= 15 is 0 Å². The van der Waals surface area contributed by atoms with Crippen LogP contribution in [0.4, 0.5) is 5.69 Å². The molecule has 0 spiro atoms. The van der Waals surface area contributed by atoms with Crippen LogP contribution in [-0.2, 0) is 0 Å². The number of benzene rings is 1. The third kappa shape index (κ3) is 1.92. The summed E-state index contributed by atoms with van der Waals surface area (Å²) in [7, 11) is 0. The molecule has 0 aliphatic heterocycles. The van der Waals surface area contributed by atoms with Gasteiger partial charge in [-0.05, 0) is 37.1 Å². The summed E-state index contributed by atoms with van der Waals surface area (Å²) in [6.07, 6.45) is -0.704. The maximum Gasteiger partial charge on any atom is 0.123 e. The number of nitrogens with zero attached hydrogens (tertiary/aromatic N) is 1. The van der Waals surface area contributed by atoms with Crippen molar-refractivity contribution in [1.29, 1.82) is 0 Å². The number of nitrogens with one attached hydrogen (secondary N) is 1. The second-order valence-electron chi connectivity index (χ2n) is 3.99. The van der Waals surface area contributed by atoms with Gasteiger partial charge in [-0.25, -0.2) is 0 Å². The van der Waals surface area contributed by atoms with E-state index in [0.717, 1.165) is 22.5 Å². The molecule has 1 unspecified atom stereocenters. The molecule has 1 atom stereocenters. The summed E-state index contributed by atoms with van der Waals surface area (Å²) in [5.74, 6) is 0. The van der Waals surface area contributed by atoms with Gasteiger partial charge in [0.2, 0.25) is 0 Å². The molecular formula is C12H15N3O. The molecule has 1 aromatic carbocycles. The second-order valence-corrected chi connectivity index (χ2v) is 3.99. The topological polar surface area (TPSA) is 74.9 Å². The van der Waals surface area contributed by atoms with Crippen molar-refractivity contribution in [1.82, 2.24) is 10.2 Å². The normalized spacial score (nSPS) is 12.7. The Morgan fingerprint density at radius 1 is 1.31 bits per heavy atom. The molecule has 0 bridgehead atoms. The summed E-state index contributed by atoms with van der Waals surface area (Å²) in [4.78, 5) is 0. The molecular weight excluding hydrogens is 202 g/mol. The minimum absolute atomic E-state index is 0.627. The van der Waals surface area contributed by atoms with Crippen LogP contribution in [0.3, 0.4) is 0 Å². The van der Waals surface area contributed by atoms with Crippen molar-refractivity contribution in [2.24, 2.45) is 0 Å². The summed E-state index contributed by atoms with van der Waals surface area (Å²) in [5, 5.41) is 16.9. The molecule has 2 rings (SSSR count). The fourth-order valence-electron chi connectivity index (χ4n) is 1.62. The van der Waals surface area contributed by atoms with Crippen molar-refractivity contribution in [2.45, 2.75) is 20.0 Å². The Bertz CT molecular complexity index is 505. The lowest BCUT2D eigenvalue weighted by Gasteiger charge is -2.10. The number of aromatic nitrogens is 2. The van der Waals surface area contributed by atoms with Crippen LogP contribution in [0.25, 0.3) is 0 Å². The van der Waals surface area contributed by atoms with E-state index in [0.29, 0.717) is 5.69 Å². The molecule has 0 aliphatic rings. The molecule has 0 saturated heterocycles. The van der Waals surface area contributed by atoms with E-state index in [1.807, 2.05) is 32.0 Å². The van der Waals surface area contributed by atoms with Crippen LogP contribution in [0.2, 0.25) is 0 Å². The predicted molar refractivity (Wildman–Crippen MR) is 63.0 cm³/mol. The Hall–Kier alpha value is -1.81. The van der Waals surface area contributed by atoms with Gasteiger partial charge in [0, 0.05) is 11.4 Å². The van der Waals surface area contributed by atoms with Crippen molar-refractivity contribution < 1.29 is 5.11 Å². The number of hydrogen-bond donors (Lipinski definition) is 3. The van der Waals surface area contributed by atoms with Gasteiger partial charge in [-0.2, -0.15) is 5.10 Å². The highest BCUT2D eigenvalue weighted by atomic mass is 16.3. The van der Waals surface area contributed by atoms with Crippen molar-refractivity contribution in [3.8, 4) is 0 Å². The van der Waals surface area contributed by atoms with Gasteiger partial charge in [0.05, 0.1) is 5.69 Å². The minimum Gasteiger partial charge on any atom is -0.399 e. The number of nitrogens with two attached hydrogens (primary N) is 1. The number of H-pyrrole nitrogens is 1. The van der Waals surface area contributed by atoms with Gasteiger partial charge in [-0.1, -0.05) is 12.1 Å². The fourth-order valence-corrected chi connectivity index (χ4v) is 1.62. The maximum absolute atomic E-state index is 10.1. The van der Waals surface area contributed by atoms with Crippen LogP contribution in [0.5, 0.6) is 0 Å². The van der Waals surface area contributed by atoms with Crippen molar-refractivity contribution >= 4 is 5.69 Å².